The van der Waals surface area contributed by atoms with Gasteiger partial charge in [-0.25, -0.2) is 0 Å². The minimum atomic E-state index is -0.331. The summed E-state index contributed by atoms with van der Waals surface area (Å²) in [6.45, 7) is 2.18. The van der Waals surface area contributed by atoms with Crippen molar-refractivity contribution in [2.45, 2.75) is 51.0 Å². The molecule has 0 aliphatic carbocycles. The number of carbonyl (C=O) groups excluding carboxylic acids is 3. The number of fused-ring (bicyclic) bond motifs is 2. The molecule has 2 heterocycles. The van der Waals surface area contributed by atoms with Crippen molar-refractivity contribution in [1.82, 2.24) is 10.2 Å². The lowest BCUT2D eigenvalue weighted by Gasteiger charge is -2.42. The molecule has 1 saturated heterocycles. The lowest BCUT2D eigenvalue weighted by atomic mass is 9.94. The number of nitrogens with zero attached hydrogens (tertiary/aromatic N) is 1. The van der Waals surface area contributed by atoms with Gasteiger partial charge in [-0.3, -0.25) is 14.4 Å². The zero-order chi connectivity index (χ0) is 23.4. The third kappa shape index (κ3) is 5.51. The summed E-state index contributed by atoms with van der Waals surface area (Å²) >= 11 is 0. The normalized spacial score (nSPS) is 22.2. The van der Waals surface area contributed by atoms with Crippen LogP contribution in [0.3, 0.4) is 0 Å². The summed E-state index contributed by atoms with van der Waals surface area (Å²) in [7, 11) is 1.76. The summed E-state index contributed by atoms with van der Waals surface area (Å²) in [5, 5.41) is 5.64. The van der Waals surface area contributed by atoms with Crippen LogP contribution in [-0.4, -0.2) is 54.5 Å². The van der Waals surface area contributed by atoms with Crippen LogP contribution in [0.5, 0.6) is 5.75 Å². The van der Waals surface area contributed by atoms with Crippen LogP contribution in [0.1, 0.15) is 42.1 Å². The Kier molecular flexibility index (Phi) is 6.93. The second-order valence-corrected chi connectivity index (χ2v) is 8.53. The number of likely N-dealkylation sites (N-methyl/N-ethyl adjacent to an activating group) is 1. The van der Waals surface area contributed by atoms with Crippen LogP contribution < -0.4 is 15.4 Å². The number of nitrogens with one attached hydrogen (secondary N) is 2. The number of hydrogen-bond donors (Lipinski definition) is 2. The molecule has 0 aromatic heterocycles. The minimum Gasteiger partial charge on any atom is -0.490 e. The van der Waals surface area contributed by atoms with Gasteiger partial charge >= 0.3 is 0 Å². The molecule has 0 bridgehead atoms. The molecular formula is C25H29N3O5. The van der Waals surface area contributed by atoms with E-state index in [1.165, 1.54) is 6.92 Å². The number of benzene rings is 2. The smallest absolute Gasteiger partial charge is 0.257 e. The molecular weight excluding hydrogens is 422 g/mol. The molecule has 0 saturated carbocycles. The zero-order valence-corrected chi connectivity index (χ0v) is 18.9. The molecule has 4 rings (SSSR count). The molecule has 0 spiro atoms. The lowest BCUT2D eigenvalue weighted by Crippen LogP contribution is -2.53. The van der Waals surface area contributed by atoms with Gasteiger partial charge in [-0.1, -0.05) is 30.3 Å². The van der Waals surface area contributed by atoms with Crippen LogP contribution in [0.4, 0.5) is 5.69 Å². The third-order valence-corrected chi connectivity index (χ3v) is 6.08. The van der Waals surface area contributed by atoms with Crippen molar-refractivity contribution in [2.24, 2.45) is 0 Å². The van der Waals surface area contributed by atoms with E-state index < -0.39 is 0 Å². The van der Waals surface area contributed by atoms with Crippen molar-refractivity contribution in [3.8, 4) is 5.75 Å². The van der Waals surface area contributed by atoms with Gasteiger partial charge in [0.05, 0.1) is 24.1 Å². The van der Waals surface area contributed by atoms with Gasteiger partial charge in [0.1, 0.15) is 18.5 Å². The molecule has 33 heavy (non-hydrogen) atoms. The summed E-state index contributed by atoms with van der Waals surface area (Å²) < 4.78 is 12.2. The summed E-state index contributed by atoms with van der Waals surface area (Å²) in [5.41, 5.74) is 2.00. The van der Waals surface area contributed by atoms with E-state index in [0.29, 0.717) is 36.4 Å². The molecule has 8 nitrogen and oxygen atoms in total. The molecule has 2 aliphatic rings. The monoisotopic (exact) mass is 451 g/mol. The van der Waals surface area contributed by atoms with Crippen molar-refractivity contribution in [3.05, 3.63) is 59.7 Å². The Morgan fingerprint density at radius 1 is 1.12 bits per heavy atom. The van der Waals surface area contributed by atoms with Crippen molar-refractivity contribution in [2.75, 3.05) is 19.0 Å². The fourth-order valence-corrected chi connectivity index (χ4v) is 4.38. The number of anilines is 1. The predicted octanol–water partition coefficient (Wildman–Crippen LogP) is 2.73. The molecule has 174 valence electrons. The molecule has 2 aromatic rings. The number of hydrogen-bond acceptors (Lipinski definition) is 5. The second-order valence-electron chi connectivity index (χ2n) is 8.53. The minimum absolute atomic E-state index is 0.0608. The highest BCUT2D eigenvalue weighted by Gasteiger charge is 2.39. The largest absolute Gasteiger partial charge is 0.490 e. The van der Waals surface area contributed by atoms with Gasteiger partial charge in [-0.2, -0.15) is 0 Å². The standard InChI is InChI=1S/C25H29N3O5/c1-16(29)27-18-8-11-22-20(12-18)25(31)28(2)21-10-9-19(33-23(21)15-32-22)13-24(30)26-14-17-6-4-3-5-7-17/h3-8,11-12,19,21,23H,9-10,13-15H2,1-2H3,(H,26,30)(H,27,29)/t19-,21+,23-/m0/s1. The van der Waals surface area contributed by atoms with E-state index in [-0.39, 0.29) is 49.0 Å². The number of rotatable bonds is 5. The van der Waals surface area contributed by atoms with Gasteiger partial charge in [-0.05, 0) is 36.6 Å². The summed E-state index contributed by atoms with van der Waals surface area (Å²) in [4.78, 5) is 38.7. The summed E-state index contributed by atoms with van der Waals surface area (Å²) in [6, 6.07) is 14.6. The highest BCUT2D eigenvalue weighted by molar-refractivity contribution is 5.99. The van der Waals surface area contributed by atoms with Crippen molar-refractivity contribution in [3.63, 3.8) is 0 Å². The Morgan fingerprint density at radius 2 is 1.91 bits per heavy atom. The summed E-state index contributed by atoms with van der Waals surface area (Å²) in [5.74, 6) is -0.00302. The van der Waals surface area contributed by atoms with E-state index >= 15 is 0 Å². The molecule has 0 unspecified atom stereocenters. The Balaban J connectivity index is 1.39. The number of carbonyl (C=O) groups is 3. The van der Waals surface area contributed by atoms with Crippen LogP contribution in [0.15, 0.2) is 48.5 Å². The van der Waals surface area contributed by atoms with Crippen molar-refractivity contribution < 1.29 is 23.9 Å². The first kappa shape index (κ1) is 22.8. The molecule has 8 heteroatoms. The van der Waals surface area contributed by atoms with E-state index in [2.05, 4.69) is 10.6 Å². The molecule has 0 radical (unpaired) electrons. The Hall–Kier alpha value is -3.39. The van der Waals surface area contributed by atoms with Gasteiger partial charge in [0.25, 0.3) is 5.91 Å². The first-order valence-electron chi connectivity index (χ1n) is 11.2. The Bertz CT molecular complexity index is 1030. The van der Waals surface area contributed by atoms with Crippen LogP contribution in [-0.2, 0) is 20.9 Å². The van der Waals surface area contributed by atoms with E-state index in [0.717, 1.165) is 5.56 Å². The SMILES string of the molecule is CC(=O)Nc1ccc2c(c1)C(=O)N(C)[C@@H]1CC[C@@H](CC(=O)NCc3ccccc3)O[C@H]1CO2. The fraction of sp³-hybridized carbons (Fsp3) is 0.400. The Labute approximate surface area is 193 Å². The highest BCUT2D eigenvalue weighted by atomic mass is 16.5. The predicted molar refractivity (Wildman–Crippen MR) is 123 cm³/mol. The van der Waals surface area contributed by atoms with E-state index in [9.17, 15) is 14.4 Å². The van der Waals surface area contributed by atoms with Crippen LogP contribution in [0, 0.1) is 0 Å². The van der Waals surface area contributed by atoms with Gasteiger partial charge in [0, 0.05) is 26.2 Å². The topological polar surface area (TPSA) is 97.0 Å². The lowest BCUT2D eigenvalue weighted by molar-refractivity contribution is -0.134. The van der Waals surface area contributed by atoms with Gasteiger partial charge in [0.15, 0.2) is 0 Å². The zero-order valence-electron chi connectivity index (χ0n) is 18.9. The van der Waals surface area contributed by atoms with Crippen LogP contribution in [0.2, 0.25) is 0 Å². The molecule has 2 N–H and O–H groups in total. The maximum absolute atomic E-state index is 13.2. The first-order valence-corrected chi connectivity index (χ1v) is 11.2. The summed E-state index contributed by atoms with van der Waals surface area (Å²) in [6.07, 6.45) is 1.10. The van der Waals surface area contributed by atoms with Crippen LogP contribution in [0.25, 0.3) is 0 Å². The van der Waals surface area contributed by atoms with Gasteiger partial charge < -0.3 is 25.0 Å². The van der Waals surface area contributed by atoms with Crippen molar-refractivity contribution >= 4 is 23.4 Å². The molecule has 1 fully saturated rings. The van der Waals surface area contributed by atoms with Gasteiger partial charge in [-0.15, -0.1) is 0 Å². The average Bonchev–Trinajstić information content (AvgIpc) is 2.81. The highest BCUT2D eigenvalue weighted by Crippen LogP contribution is 2.32. The number of amides is 3. The molecule has 3 amide bonds. The third-order valence-electron chi connectivity index (χ3n) is 6.08. The molecule has 2 aliphatic heterocycles. The average molecular weight is 452 g/mol. The maximum atomic E-state index is 13.2. The number of ether oxygens (including phenoxy) is 2. The fourth-order valence-electron chi connectivity index (χ4n) is 4.38. The Morgan fingerprint density at radius 3 is 2.67 bits per heavy atom. The maximum Gasteiger partial charge on any atom is 0.257 e. The molecule has 3 atom stereocenters. The van der Waals surface area contributed by atoms with Gasteiger partial charge in [0.2, 0.25) is 11.8 Å². The molecule has 2 aromatic carbocycles. The second kappa shape index (κ2) is 10.0. The van der Waals surface area contributed by atoms with Crippen molar-refractivity contribution in [1.29, 1.82) is 0 Å². The van der Waals surface area contributed by atoms with E-state index in [1.807, 2.05) is 30.3 Å². The first-order chi connectivity index (χ1) is 15.9. The van der Waals surface area contributed by atoms with E-state index in [4.69, 9.17) is 9.47 Å². The van der Waals surface area contributed by atoms with E-state index in [1.54, 1.807) is 30.1 Å². The quantitative estimate of drug-likeness (QED) is 0.729. The van der Waals surface area contributed by atoms with Crippen LogP contribution >= 0.6 is 0 Å².